The van der Waals surface area contributed by atoms with E-state index in [0.717, 1.165) is 55.3 Å². The first-order chi connectivity index (χ1) is 21.3. The normalized spacial score (nSPS) is 11.7. The van der Waals surface area contributed by atoms with Gasteiger partial charge in [0.05, 0.1) is 34.0 Å². The van der Waals surface area contributed by atoms with E-state index in [1.807, 2.05) is 67.0 Å². The Morgan fingerprint density at radius 2 is 1.07 bits per heavy atom. The monoisotopic (exact) mass is 552 g/mol. The second-order valence-electron chi connectivity index (χ2n) is 10.7. The quantitative estimate of drug-likeness (QED) is 0.218. The van der Waals surface area contributed by atoms with Crippen LogP contribution in [0.4, 0.5) is 0 Å². The van der Waals surface area contributed by atoms with Gasteiger partial charge in [-0.05, 0) is 48.5 Å². The molecule has 0 unspecified atom stereocenters. The first-order valence-electron chi connectivity index (χ1n) is 14.3. The summed E-state index contributed by atoms with van der Waals surface area (Å²) < 4.78 is 11.3. The van der Waals surface area contributed by atoms with Gasteiger partial charge >= 0.3 is 0 Å². The van der Waals surface area contributed by atoms with Crippen LogP contribution in [0.1, 0.15) is 0 Å². The molecule has 0 saturated carbocycles. The lowest BCUT2D eigenvalue weighted by molar-refractivity contribution is 0.554. The van der Waals surface area contributed by atoms with Crippen molar-refractivity contribution in [3.8, 4) is 34.3 Å². The molecule has 5 nitrogen and oxygen atoms in total. The minimum absolute atomic E-state index is 0.592. The third-order valence-corrected chi connectivity index (χ3v) is 8.25. The van der Waals surface area contributed by atoms with Crippen LogP contribution < -0.4 is 0 Å². The highest BCUT2D eigenvalue weighted by Gasteiger charge is 2.24. The van der Waals surface area contributed by atoms with E-state index in [4.69, 9.17) is 9.40 Å². The van der Waals surface area contributed by atoms with Gasteiger partial charge in [0, 0.05) is 38.9 Å². The molecule has 0 aliphatic heterocycles. The van der Waals surface area contributed by atoms with Crippen LogP contribution in [-0.2, 0) is 0 Å². The van der Waals surface area contributed by atoms with E-state index in [0.29, 0.717) is 11.8 Å². The van der Waals surface area contributed by atoms with Crippen LogP contribution in [-0.4, -0.2) is 19.1 Å². The maximum absolute atomic E-state index is 6.73. The predicted octanol–water partition coefficient (Wildman–Crippen LogP) is 9.60. The molecule has 4 heterocycles. The second kappa shape index (κ2) is 9.29. The van der Waals surface area contributed by atoms with Crippen molar-refractivity contribution in [3.05, 3.63) is 146 Å². The molecule has 5 aromatic carbocycles. The van der Waals surface area contributed by atoms with Gasteiger partial charge in [0.2, 0.25) is 11.8 Å². The number of para-hydroxylation sites is 2. The molecule has 0 fully saturated rings. The van der Waals surface area contributed by atoms with Gasteiger partial charge in [-0.2, -0.15) is 0 Å². The molecule has 9 aromatic rings. The van der Waals surface area contributed by atoms with Crippen LogP contribution in [0, 0.1) is 0 Å². The van der Waals surface area contributed by atoms with Crippen molar-refractivity contribution < 1.29 is 4.42 Å². The number of hydrogen-bond donors (Lipinski definition) is 0. The zero-order valence-electron chi connectivity index (χ0n) is 23.1. The first-order valence-corrected chi connectivity index (χ1v) is 14.3. The molecule has 0 aliphatic rings. The van der Waals surface area contributed by atoms with Crippen molar-refractivity contribution in [2.75, 3.05) is 0 Å². The Morgan fingerprint density at radius 1 is 0.488 bits per heavy atom. The summed E-state index contributed by atoms with van der Waals surface area (Å²) in [6.45, 7) is 0. The largest absolute Gasteiger partial charge is 0.419 e. The SMILES string of the molecule is c1ccc(-c2nc(-c3ccccc3)c(-n3c4ccccc4c4cc5c(cc43)c3ccccc3n5-c3cccnc3)o2)cc1. The van der Waals surface area contributed by atoms with E-state index in [-0.39, 0.29) is 0 Å². The number of hydrogen-bond acceptors (Lipinski definition) is 3. The molecular weight excluding hydrogens is 528 g/mol. The minimum atomic E-state index is 0.592. The molecule has 0 saturated heterocycles. The summed E-state index contributed by atoms with van der Waals surface area (Å²) in [7, 11) is 0. The van der Waals surface area contributed by atoms with Crippen molar-refractivity contribution >= 4 is 43.6 Å². The zero-order valence-corrected chi connectivity index (χ0v) is 23.1. The Hall–Kier alpha value is -5.94. The van der Waals surface area contributed by atoms with Crippen LogP contribution in [0.3, 0.4) is 0 Å². The summed E-state index contributed by atoms with van der Waals surface area (Å²) in [5.74, 6) is 1.29. The molecule has 0 radical (unpaired) electrons. The van der Waals surface area contributed by atoms with Crippen molar-refractivity contribution in [2.24, 2.45) is 0 Å². The van der Waals surface area contributed by atoms with Crippen LogP contribution in [0.5, 0.6) is 0 Å². The summed E-state index contributed by atoms with van der Waals surface area (Å²) in [6.07, 6.45) is 3.74. The van der Waals surface area contributed by atoms with Crippen molar-refractivity contribution in [3.63, 3.8) is 0 Å². The molecular formula is C38H24N4O. The van der Waals surface area contributed by atoms with Crippen molar-refractivity contribution in [1.82, 2.24) is 19.1 Å². The Labute approximate surface area is 246 Å². The highest BCUT2D eigenvalue weighted by molar-refractivity contribution is 6.19. The minimum Gasteiger partial charge on any atom is -0.419 e. The molecule has 0 atom stereocenters. The van der Waals surface area contributed by atoms with E-state index in [1.165, 1.54) is 10.8 Å². The van der Waals surface area contributed by atoms with Gasteiger partial charge in [0.1, 0.15) is 5.69 Å². The number of rotatable bonds is 4. The standard InChI is InChI=1S/C38H24N4O/c1-3-12-25(13-4-1)36-38(43-37(40-36)26-14-5-2-6-15-26)42-33-20-10-8-18-29(33)31-22-34-30(23-35(31)42)28-17-7-9-19-32(28)41(34)27-16-11-21-39-24-27/h1-24H. The van der Waals surface area contributed by atoms with E-state index in [9.17, 15) is 0 Å². The number of benzene rings is 5. The molecule has 0 aliphatic carbocycles. The summed E-state index contributed by atoms with van der Waals surface area (Å²) >= 11 is 0. The van der Waals surface area contributed by atoms with E-state index >= 15 is 0 Å². The number of nitrogens with zero attached hydrogens (tertiary/aromatic N) is 4. The third kappa shape index (κ3) is 3.58. The van der Waals surface area contributed by atoms with Crippen molar-refractivity contribution in [1.29, 1.82) is 0 Å². The van der Waals surface area contributed by atoms with Gasteiger partial charge in [-0.1, -0.05) is 84.9 Å². The third-order valence-electron chi connectivity index (χ3n) is 8.25. The Morgan fingerprint density at radius 3 is 1.72 bits per heavy atom. The van der Waals surface area contributed by atoms with Crippen LogP contribution in [0.2, 0.25) is 0 Å². The highest BCUT2D eigenvalue weighted by Crippen LogP contribution is 2.42. The van der Waals surface area contributed by atoms with E-state index < -0.39 is 0 Å². The number of fused-ring (bicyclic) bond motifs is 6. The first kappa shape index (κ1) is 23.7. The maximum atomic E-state index is 6.73. The van der Waals surface area contributed by atoms with Crippen LogP contribution >= 0.6 is 0 Å². The molecule has 0 spiro atoms. The Kier molecular flexibility index (Phi) is 5.13. The van der Waals surface area contributed by atoms with Gasteiger partial charge in [0.15, 0.2) is 0 Å². The summed E-state index contributed by atoms with van der Waals surface area (Å²) in [5.41, 5.74) is 8.19. The topological polar surface area (TPSA) is 48.8 Å². The molecule has 202 valence electrons. The number of oxazole rings is 1. The van der Waals surface area contributed by atoms with Gasteiger partial charge in [-0.3, -0.25) is 9.55 Å². The maximum Gasteiger partial charge on any atom is 0.233 e. The number of aromatic nitrogens is 4. The smallest absolute Gasteiger partial charge is 0.233 e. The van der Waals surface area contributed by atoms with E-state index in [1.54, 1.807) is 0 Å². The highest BCUT2D eigenvalue weighted by atomic mass is 16.4. The summed E-state index contributed by atoms with van der Waals surface area (Å²) in [6, 6.07) is 46.2. The molecule has 0 amide bonds. The van der Waals surface area contributed by atoms with Gasteiger partial charge in [-0.15, -0.1) is 0 Å². The molecule has 4 aromatic heterocycles. The van der Waals surface area contributed by atoms with Crippen LogP contribution in [0.25, 0.3) is 77.9 Å². The van der Waals surface area contributed by atoms with Crippen LogP contribution in [0.15, 0.2) is 150 Å². The van der Waals surface area contributed by atoms with Crippen molar-refractivity contribution in [2.45, 2.75) is 0 Å². The lowest BCUT2D eigenvalue weighted by Crippen LogP contribution is -1.95. The molecule has 0 N–H and O–H groups in total. The fourth-order valence-electron chi connectivity index (χ4n) is 6.37. The van der Waals surface area contributed by atoms with E-state index in [2.05, 4.69) is 93.0 Å². The fraction of sp³-hybridized carbons (Fsp3) is 0. The van der Waals surface area contributed by atoms with Gasteiger partial charge in [-0.25, -0.2) is 4.98 Å². The van der Waals surface area contributed by atoms with Gasteiger partial charge < -0.3 is 8.98 Å². The Balaban J connectivity index is 1.42. The average molecular weight is 553 g/mol. The van der Waals surface area contributed by atoms with Gasteiger partial charge in [0.25, 0.3) is 0 Å². The Bertz CT molecular complexity index is 2440. The molecule has 9 rings (SSSR count). The average Bonchev–Trinajstić information content (AvgIpc) is 3.75. The fourth-order valence-corrected chi connectivity index (χ4v) is 6.37. The number of pyridine rings is 1. The zero-order chi connectivity index (χ0) is 28.3. The lowest BCUT2D eigenvalue weighted by Gasteiger charge is -2.08. The summed E-state index contributed by atoms with van der Waals surface area (Å²) in [4.78, 5) is 9.51. The summed E-state index contributed by atoms with van der Waals surface area (Å²) in [5, 5.41) is 4.65. The lowest BCUT2D eigenvalue weighted by atomic mass is 10.1. The molecule has 5 heteroatoms. The molecule has 43 heavy (non-hydrogen) atoms. The predicted molar refractivity (Wildman–Crippen MR) is 174 cm³/mol. The molecule has 0 bridgehead atoms. The second-order valence-corrected chi connectivity index (χ2v) is 10.7.